The van der Waals surface area contributed by atoms with E-state index in [2.05, 4.69) is 165 Å². The van der Waals surface area contributed by atoms with Crippen LogP contribution in [0.1, 0.15) is 28.2 Å². The van der Waals surface area contributed by atoms with Crippen molar-refractivity contribution in [3.63, 3.8) is 0 Å². The van der Waals surface area contributed by atoms with Gasteiger partial charge in [-0.05, 0) is 52.1 Å². The highest BCUT2D eigenvalue weighted by molar-refractivity contribution is 5.81. The summed E-state index contributed by atoms with van der Waals surface area (Å²) >= 11 is 0. The molecule has 0 saturated carbocycles. The number of nitrogens with zero attached hydrogens (tertiary/aromatic N) is 2. The minimum Gasteiger partial charge on any atom is -0.378 e. The van der Waals surface area contributed by atoms with Gasteiger partial charge in [-0.1, -0.05) is 103 Å². The average Bonchev–Trinajstić information content (AvgIpc) is 2.90. The van der Waals surface area contributed by atoms with Crippen LogP contribution in [0.3, 0.4) is 0 Å². The Morgan fingerprint density at radius 1 is 0.543 bits per heavy atom. The predicted molar refractivity (Wildman–Crippen MR) is 152 cm³/mol. The summed E-state index contributed by atoms with van der Waals surface area (Å²) in [6.45, 7) is 0. The molecule has 1 atom stereocenters. The van der Waals surface area contributed by atoms with Gasteiger partial charge in [-0.25, -0.2) is 0 Å². The number of hydrogen-bond acceptors (Lipinski definition) is 2. The Morgan fingerprint density at radius 3 is 1.54 bits per heavy atom. The van der Waals surface area contributed by atoms with E-state index in [0.29, 0.717) is 0 Å². The highest BCUT2D eigenvalue weighted by atomic mass is 15.1. The monoisotopic (exact) mass is 458 g/mol. The number of rotatable bonds is 8. The number of anilines is 2. The Balaban J connectivity index is 1.72. The molecule has 2 nitrogen and oxygen atoms in total. The largest absolute Gasteiger partial charge is 0.378 e. The predicted octanol–water partition coefficient (Wildman–Crippen LogP) is 7.64. The minimum atomic E-state index is 0.178. The fraction of sp³-hybridized carbons (Fsp3) is 0.152. The molecule has 4 rings (SSSR count). The lowest BCUT2D eigenvalue weighted by Crippen LogP contribution is -2.08. The summed E-state index contributed by atoms with van der Waals surface area (Å²) in [5.74, 6) is 0.178. The average molecular weight is 459 g/mol. The van der Waals surface area contributed by atoms with Crippen LogP contribution >= 0.6 is 0 Å². The van der Waals surface area contributed by atoms with E-state index in [9.17, 15) is 0 Å². The number of hydrogen-bond donors (Lipinski definition) is 0. The van der Waals surface area contributed by atoms with Crippen LogP contribution in [0.25, 0.3) is 5.57 Å². The highest BCUT2D eigenvalue weighted by Crippen LogP contribution is 2.29. The lowest BCUT2D eigenvalue weighted by Gasteiger charge is -2.17. The lowest BCUT2D eigenvalue weighted by atomic mass is 9.90. The van der Waals surface area contributed by atoms with Crippen molar-refractivity contribution in [3.8, 4) is 0 Å². The molecular weight excluding hydrogens is 424 g/mol. The zero-order valence-corrected chi connectivity index (χ0v) is 21.1. The molecule has 0 bridgehead atoms. The van der Waals surface area contributed by atoms with Gasteiger partial charge in [0.15, 0.2) is 0 Å². The van der Waals surface area contributed by atoms with Gasteiger partial charge in [0.25, 0.3) is 0 Å². The van der Waals surface area contributed by atoms with Gasteiger partial charge in [0.2, 0.25) is 0 Å². The maximum atomic E-state index is 2.30. The Morgan fingerprint density at radius 2 is 1.00 bits per heavy atom. The second-order valence-electron chi connectivity index (χ2n) is 9.15. The van der Waals surface area contributed by atoms with Gasteiger partial charge < -0.3 is 9.80 Å². The molecular formula is C33H34N2. The topological polar surface area (TPSA) is 6.48 Å². The van der Waals surface area contributed by atoms with Crippen LogP contribution in [-0.2, 0) is 0 Å². The van der Waals surface area contributed by atoms with E-state index < -0.39 is 0 Å². The van der Waals surface area contributed by atoms with Gasteiger partial charge in [-0.3, -0.25) is 0 Å². The third-order valence-corrected chi connectivity index (χ3v) is 6.27. The summed E-state index contributed by atoms with van der Waals surface area (Å²) < 4.78 is 0. The Labute approximate surface area is 210 Å². The molecule has 0 spiro atoms. The molecule has 4 aromatic rings. The first-order valence-electron chi connectivity index (χ1n) is 12.1. The molecule has 35 heavy (non-hydrogen) atoms. The summed E-state index contributed by atoms with van der Waals surface area (Å²) in [5.41, 5.74) is 8.59. The van der Waals surface area contributed by atoms with Crippen molar-refractivity contribution in [2.75, 3.05) is 38.0 Å². The first-order chi connectivity index (χ1) is 17.0. The summed E-state index contributed by atoms with van der Waals surface area (Å²) in [6.07, 6.45) is 6.75. The van der Waals surface area contributed by atoms with Gasteiger partial charge in [0.1, 0.15) is 0 Å². The lowest BCUT2D eigenvalue weighted by molar-refractivity contribution is 1.02. The SMILES string of the molecule is CN(C)c1ccc(/C(=C/C=C/C(c2ccccc2)c2ccc(N(C)C)cc2)c2ccccc2)cc1. The summed E-state index contributed by atoms with van der Waals surface area (Å²) in [4.78, 5) is 4.26. The molecule has 0 amide bonds. The van der Waals surface area contributed by atoms with Crippen molar-refractivity contribution in [2.45, 2.75) is 5.92 Å². The highest BCUT2D eigenvalue weighted by Gasteiger charge is 2.11. The van der Waals surface area contributed by atoms with Gasteiger partial charge >= 0.3 is 0 Å². The van der Waals surface area contributed by atoms with E-state index in [0.717, 1.165) is 0 Å². The van der Waals surface area contributed by atoms with Crippen LogP contribution in [0.15, 0.2) is 127 Å². The second-order valence-corrected chi connectivity index (χ2v) is 9.15. The second kappa shape index (κ2) is 11.4. The molecule has 0 N–H and O–H groups in total. The fourth-order valence-electron chi connectivity index (χ4n) is 4.23. The molecule has 2 heteroatoms. The van der Waals surface area contributed by atoms with Crippen LogP contribution in [0.4, 0.5) is 11.4 Å². The van der Waals surface area contributed by atoms with Gasteiger partial charge in [-0.2, -0.15) is 0 Å². The van der Waals surface area contributed by atoms with Gasteiger partial charge in [0.05, 0.1) is 0 Å². The van der Waals surface area contributed by atoms with Crippen molar-refractivity contribution in [3.05, 3.63) is 150 Å². The van der Waals surface area contributed by atoms with E-state index in [-0.39, 0.29) is 5.92 Å². The van der Waals surface area contributed by atoms with Crippen molar-refractivity contribution in [1.29, 1.82) is 0 Å². The Kier molecular flexibility index (Phi) is 7.84. The Hall–Kier alpha value is -4.04. The standard InChI is InChI=1S/C33H34N2/c1-34(2)30-22-18-28(19-23-30)32(26-12-7-5-8-13-26)16-11-17-33(27-14-9-6-10-15-27)29-20-24-31(25-21-29)35(3)4/h5-25,32H,1-4H3/b16-11+,33-17+. The normalized spacial score (nSPS) is 12.5. The minimum absolute atomic E-state index is 0.178. The fourth-order valence-corrected chi connectivity index (χ4v) is 4.23. The summed E-state index contributed by atoms with van der Waals surface area (Å²) in [7, 11) is 8.29. The molecule has 0 aliphatic rings. The molecule has 0 fully saturated rings. The zero-order valence-electron chi connectivity index (χ0n) is 21.1. The molecule has 176 valence electrons. The van der Waals surface area contributed by atoms with Gasteiger partial charge in [-0.15, -0.1) is 0 Å². The van der Waals surface area contributed by atoms with Gasteiger partial charge in [0, 0.05) is 45.5 Å². The summed E-state index contributed by atoms with van der Waals surface area (Å²) in [6, 6.07) is 38.9. The third-order valence-electron chi connectivity index (χ3n) is 6.27. The molecule has 0 heterocycles. The number of benzene rings is 4. The van der Waals surface area contributed by atoms with Crippen LogP contribution in [-0.4, -0.2) is 28.2 Å². The first-order valence-corrected chi connectivity index (χ1v) is 12.1. The van der Waals surface area contributed by atoms with Crippen LogP contribution in [0.5, 0.6) is 0 Å². The van der Waals surface area contributed by atoms with Crippen molar-refractivity contribution in [2.24, 2.45) is 0 Å². The van der Waals surface area contributed by atoms with Crippen LogP contribution < -0.4 is 9.80 Å². The van der Waals surface area contributed by atoms with E-state index in [1.165, 1.54) is 39.2 Å². The smallest absolute Gasteiger partial charge is 0.0361 e. The molecule has 4 aromatic carbocycles. The maximum Gasteiger partial charge on any atom is 0.0361 e. The molecule has 0 aromatic heterocycles. The quantitative estimate of drug-likeness (QED) is 0.250. The third kappa shape index (κ3) is 6.10. The Bertz CT molecular complexity index is 1250. The van der Waals surface area contributed by atoms with E-state index in [4.69, 9.17) is 0 Å². The van der Waals surface area contributed by atoms with Crippen LogP contribution in [0, 0.1) is 0 Å². The van der Waals surface area contributed by atoms with E-state index >= 15 is 0 Å². The molecule has 0 radical (unpaired) electrons. The number of allylic oxidation sites excluding steroid dienone is 3. The first kappa shape index (κ1) is 24.1. The maximum absolute atomic E-state index is 2.30. The van der Waals surface area contributed by atoms with Crippen molar-refractivity contribution < 1.29 is 0 Å². The van der Waals surface area contributed by atoms with E-state index in [1.54, 1.807) is 0 Å². The molecule has 0 aliphatic heterocycles. The summed E-state index contributed by atoms with van der Waals surface area (Å²) in [5, 5.41) is 0. The van der Waals surface area contributed by atoms with Crippen molar-refractivity contribution >= 4 is 16.9 Å². The molecule has 0 aliphatic carbocycles. The zero-order chi connectivity index (χ0) is 24.6. The molecule has 1 unspecified atom stereocenters. The van der Waals surface area contributed by atoms with Crippen molar-refractivity contribution in [1.82, 2.24) is 0 Å². The van der Waals surface area contributed by atoms with E-state index in [1.807, 2.05) is 0 Å². The molecule has 0 saturated heterocycles. The van der Waals surface area contributed by atoms with Crippen LogP contribution in [0.2, 0.25) is 0 Å².